The van der Waals surface area contributed by atoms with Gasteiger partial charge in [-0.25, -0.2) is 0 Å². The van der Waals surface area contributed by atoms with Crippen molar-refractivity contribution in [3.63, 3.8) is 0 Å². The molecule has 2 nitrogen and oxygen atoms in total. The average molecular weight is 353 g/mol. The van der Waals surface area contributed by atoms with Crippen LogP contribution in [-0.4, -0.2) is 10.2 Å². The summed E-state index contributed by atoms with van der Waals surface area (Å²) in [5.41, 5.74) is 5.74. The van der Waals surface area contributed by atoms with Crippen molar-refractivity contribution in [3.8, 4) is 11.5 Å². The highest BCUT2D eigenvalue weighted by Crippen LogP contribution is 2.56. The summed E-state index contributed by atoms with van der Waals surface area (Å²) >= 11 is 0. The molecule has 1 aliphatic rings. The molecule has 0 radical (unpaired) electrons. The summed E-state index contributed by atoms with van der Waals surface area (Å²) in [5, 5.41) is 20.9. The maximum absolute atomic E-state index is 10.6. The minimum atomic E-state index is -0.186. The van der Waals surface area contributed by atoms with Crippen LogP contribution in [0, 0.1) is 0 Å². The van der Waals surface area contributed by atoms with Crippen molar-refractivity contribution in [2.24, 2.45) is 0 Å². The Morgan fingerprint density at radius 3 is 2.04 bits per heavy atom. The molecule has 1 aliphatic carbocycles. The Kier molecular flexibility index (Phi) is 4.37. The molecule has 0 bridgehead atoms. The minimum absolute atomic E-state index is 0.0390. The SMILES string of the molecule is CC(C)c1cc(C2(C)CC(C)(C)c3ccc(O)c(C(C)C)c32)ccc1O. The predicted molar refractivity (Wildman–Crippen MR) is 108 cm³/mol. The molecule has 26 heavy (non-hydrogen) atoms. The zero-order valence-electron chi connectivity index (χ0n) is 17.1. The van der Waals surface area contributed by atoms with Crippen molar-refractivity contribution in [1.29, 1.82) is 0 Å². The first kappa shape index (κ1) is 18.8. The monoisotopic (exact) mass is 352 g/mol. The van der Waals surface area contributed by atoms with Gasteiger partial charge in [-0.1, -0.05) is 66.7 Å². The molecular formula is C24H32O2. The molecule has 0 fully saturated rings. The van der Waals surface area contributed by atoms with Crippen LogP contribution >= 0.6 is 0 Å². The molecule has 0 saturated carbocycles. The lowest BCUT2D eigenvalue weighted by Gasteiger charge is -2.31. The van der Waals surface area contributed by atoms with Crippen molar-refractivity contribution in [2.45, 2.75) is 77.6 Å². The van der Waals surface area contributed by atoms with E-state index >= 15 is 0 Å². The lowest BCUT2D eigenvalue weighted by atomic mass is 9.72. The number of phenolic OH excluding ortho intramolecular Hbond substituents is 2. The molecule has 0 heterocycles. The van der Waals surface area contributed by atoms with Gasteiger partial charge >= 0.3 is 0 Å². The zero-order valence-corrected chi connectivity index (χ0v) is 17.1. The van der Waals surface area contributed by atoms with E-state index < -0.39 is 0 Å². The first-order valence-corrected chi connectivity index (χ1v) is 9.69. The molecule has 3 rings (SSSR count). The van der Waals surface area contributed by atoms with Crippen molar-refractivity contribution in [1.82, 2.24) is 0 Å². The largest absolute Gasteiger partial charge is 0.508 e. The van der Waals surface area contributed by atoms with Crippen molar-refractivity contribution < 1.29 is 10.2 Å². The number of hydrogen-bond acceptors (Lipinski definition) is 2. The first-order valence-electron chi connectivity index (χ1n) is 9.69. The maximum Gasteiger partial charge on any atom is 0.119 e. The second-order valence-corrected chi connectivity index (χ2v) is 9.40. The quantitative estimate of drug-likeness (QED) is 0.677. The smallest absolute Gasteiger partial charge is 0.119 e. The highest BCUT2D eigenvalue weighted by molar-refractivity contribution is 5.60. The molecule has 2 heteroatoms. The van der Waals surface area contributed by atoms with Gasteiger partial charge in [-0.3, -0.25) is 0 Å². The third-order valence-electron chi connectivity index (χ3n) is 6.16. The Morgan fingerprint density at radius 1 is 0.846 bits per heavy atom. The molecule has 1 unspecified atom stereocenters. The van der Waals surface area contributed by atoms with Crippen molar-refractivity contribution >= 4 is 0 Å². The fraction of sp³-hybridized carbons (Fsp3) is 0.500. The molecule has 2 aromatic carbocycles. The summed E-state index contributed by atoms with van der Waals surface area (Å²) < 4.78 is 0. The molecule has 2 N–H and O–H groups in total. The van der Waals surface area contributed by atoms with E-state index in [9.17, 15) is 10.2 Å². The molecule has 0 aromatic heterocycles. The van der Waals surface area contributed by atoms with Crippen LogP contribution < -0.4 is 0 Å². The van der Waals surface area contributed by atoms with Gasteiger partial charge in [-0.15, -0.1) is 0 Å². The van der Waals surface area contributed by atoms with Gasteiger partial charge in [-0.2, -0.15) is 0 Å². The van der Waals surface area contributed by atoms with Gasteiger partial charge in [0, 0.05) is 11.0 Å². The lowest BCUT2D eigenvalue weighted by Crippen LogP contribution is -2.24. The molecule has 0 aliphatic heterocycles. The van der Waals surface area contributed by atoms with Gasteiger partial charge in [-0.05, 0) is 58.1 Å². The number of rotatable bonds is 3. The molecule has 140 valence electrons. The van der Waals surface area contributed by atoms with E-state index in [0.717, 1.165) is 17.5 Å². The van der Waals surface area contributed by atoms with Gasteiger partial charge in [0.2, 0.25) is 0 Å². The third kappa shape index (κ3) is 2.71. The average Bonchev–Trinajstić information content (AvgIpc) is 2.74. The van der Waals surface area contributed by atoms with Crippen molar-refractivity contribution in [3.05, 3.63) is 58.1 Å². The molecule has 0 spiro atoms. The molecule has 0 saturated heterocycles. The number of aromatic hydroxyl groups is 2. The van der Waals surface area contributed by atoms with E-state index in [-0.39, 0.29) is 22.7 Å². The molecule has 0 amide bonds. The summed E-state index contributed by atoms with van der Waals surface area (Å²) in [5.74, 6) is 1.27. The Morgan fingerprint density at radius 2 is 1.46 bits per heavy atom. The van der Waals surface area contributed by atoms with E-state index in [1.807, 2.05) is 12.1 Å². The maximum atomic E-state index is 10.6. The normalized spacial score (nSPS) is 21.4. The van der Waals surface area contributed by atoms with Crippen LogP contribution in [0.25, 0.3) is 0 Å². The van der Waals surface area contributed by atoms with Gasteiger partial charge in [0.15, 0.2) is 0 Å². The first-order chi connectivity index (χ1) is 12.0. The van der Waals surface area contributed by atoms with E-state index in [4.69, 9.17) is 0 Å². The summed E-state index contributed by atoms with van der Waals surface area (Å²) in [4.78, 5) is 0. The topological polar surface area (TPSA) is 40.5 Å². The fourth-order valence-corrected chi connectivity index (χ4v) is 5.03. The molecule has 1 atom stereocenters. The van der Waals surface area contributed by atoms with Crippen LogP contribution in [0.4, 0.5) is 0 Å². The van der Waals surface area contributed by atoms with E-state index in [2.05, 4.69) is 66.7 Å². The highest BCUT2D eigenvalue weighted by atomic mass is 16.3. The van der Waals surface area contributed by atoms with E-state index in [0.29, 0.717) is 11.5 Å². The van der Waals surface area contributed by atoms with Crippen molar-refractivity contribution in [2.75, 3.05) is 0 Å². The molecule has 2 aromatic rings. The number of phenols is 2. The third-order valence-corrected chi connectivity index (χ3v) is 6.16. The number of fused-ring (bicyclic) bond motifs is 1. The highest BCUT2D eigenvalue weighted by Gasteiger charge is 2.48. The van der Waals surface area contributed by atoms with Crippen LogP contribution in [0.3, 0.4) is 0 Å². The summed E-state index contributed by atoms with van der Waals surface area (Å²) in [7, 11) is 0. The van der Waals surface area contributed by atoms with Crippen LogP contribution in [0.2, 0.25) is 0 Å². The van der Waals surface area contributed by atoms with Crippen LogP contribution in [-0.2, 0) is 10.8 Å². The second kappa shape index (κ2) is 6.04. The van der Waals surface area contributed by atoms with Gasteiger partial charge < -0.3 is 10.2 Å². The van der Waals surface area contributed by atoms with Crippen LogP contribution in [0.1, 0.15) is 94.5 Å². The van der Waals surface area contributed by atoms with Gasteiger partial charge in [0.25, 0.3) is 0 Å². The van der Waals surface area contributed by atoms with Crippen LogP contribution in [0.5, 0.6) is 11.5 Å². The Bertz CT molecular complexity index is 846. The Balaban J connectivity index is 2.32. The van der Waals surface area contributed by atoms with Crippen LogP contribution in [0.15, 0.2) is 30.3 Å². The Labute approximate surface area is 157 Å². The summed E-state index contributed by atoms with van der Waals surface area (Å²) in [6.07, 6.45) is 0.987. The number of hydrogen-bond donors (Lipinski definition) is 2. The minimum Gasteiger partial charge on any atom is -0.508 e. The Hall–Kier alpha value is -1.96. The summed E-state index contributed by atoms with van der Waals surface area (Å²) in [6, 6.07) is 10.0. The zero-order chi connectivity index (χ0) is 19.4. The van der Waals surface area contributed by atoms with Gasteiger partial charge in [0.05, 0.1) is 0 Å². The second-order valence-electron chi connectivity index (χ2n) is 9.40. The van der Waals surface area contributed by atoms with E-state index in [1.165, 1.54) is 16.7 Å². The van der Waals surface area contributed by atoms with Gasteiger partial charge in [0.1, 0.15) is 11.5 Å². The standard InChI is InChI=1S/C24H32O2/c1-14(2)17-12-16(8-10-19(17)25)24(7)13-23(5,6)18-9-11-20(26)21(15(3)4)22(18)24/h8-12,14-15,25-26H,13H2,1-7H3. The number of benzene rings is 2. The van der Waals surface area contributed by atoms with E-state index in [1.54, 1.807) is 0 Å². The molecular weight excluding hydrogens is 320 g/mol. The summed E-state index contributed by atoms with van der Waals surface area (Å²) in [6.45, 7) is 15.4. The predicted octanol–water partition coefficient (Wildman–Crippen LogP) is 6.33. The fourth-order valence-electron chi connectivity index (χ4n) is 5.03. The lowest BCUT2D eigenvalue weighted by molar-refractivity contribution is 0.420.